The molecule has 212 valence electrons. The number of imide groups is 1. The first kappa shape index (κ1) is 28.4. The number of benzene rings is 2. The number of carbonyl (C=O) groups excluding carboxylic acids is 2. The Morgan fingerprint density at radius 1 is 1.10 bits per heavy atom. The molecule has 2 aromatic carbocycles. The van der Waals surface area contributed by atoms with Crippen LogP contribution in [0.15, 0.2) is 84.1 Å². The fraction of sp³-hybridized carbons (Fsp3) is 0.303. The lowest BCUT2D eigenvalue weighted by atomic mass is 9.67. The summed E-state index contributed by atoms with van der Waals surface area (Å²) in [5.41, 5.74) is 3.97. The maximum absolute atomic E-state index is 14.0. The summed E-state index contributed by atoms with van der Waals surface area (Å²) in [5.74, 6) is -3.82. The molecule has 2 amide bonds. The average Bonchev–Trinajstić information content (AvgIpc) is 3.25. The summed E-state index contributed by atoms with van der Waals surface area (Å²) in [6.45, 7) is 1.58. The number of hydrogen-bond donors (Lipinski definition) is 3. The van der Waals surface area contributed by atoms with Crippen LogP contribution in [0, 0.1) is 23.6 Å². The van der Waals surface area contributed by atoms with Crippen LogP contribution in [0.5, 0.6) is 5.75 Å². The van der Waals surface area contributed by atoms with Gasteiger partial charge in [0.15, 0.2) is 11.6 Å². The summed E-state index contributed by atoms with van der Waals surface area (Å²) >= 11 is 0. The van der Waals surface area contributed by atoms with Gasteiger partial charge in [-0.2, -0.15) is 0 Å². The molecular weight excluding hydrogens is 523 g/mol. The molecule has 1 aliphatic heterocycles. The summed E-state index contributed by atoms with van der Waals surface area (Å²) in [6, 6.07) is 18.4. The topological polar surface area (TPSA) is 111 Å². The smallest absolute Gasteiger partial charge is 0.238 e. The normalized spacial score (nSPS) is 21.8. The predicted octanol–water partition coefficient (Wildman–Crippen LogP) is 5.13. The molecular formula is C33H33FN2O5. The van der Waals surface area contributed by atoms with Crippen LogP contribution in [0.4, 0.5) is 10.1 Å². The van der Waals surface area contributed by atoms with E-state index in [1.165, 1.54) is 17.0 Å². The molecule has 0 spiro atoms. The third kappa shape index (κ3) is 5.58. The molecule has 3 aromatic rings. The second kappa shape index (κ2) is 12.2. The van der Waals surface area contributed by atoms with Crippen molar-refractivity contribution in [3.05, 3.63) is 101 Å². The number of fused-ring (bicyclic) bond motifs is 1. The summed E-state index contributed by atoms with van der Waals surface area (Å²) in [7, 11) is 0. The van der Waals surface area contributed by atoms with Gasteiger partial charge in [-0.25, -0.2) is 4.39 Å². The molecule has 0 bridgehead atoms. The molecule has 7 nitrogen and oxygen atoms in total. The van der Waals surface area contributed by atoms with Gasteiger partial charge in [-0.1, -0.05) is 42.8 Å². The van der Waals surface area contributed by atoms with E-state index in [9.17, 15) is 29.3 Å². The number of aromatic nitrogens is 1. The molecule has 3 N–H and O–H groups in total. The number of aromatic hydroxyl groups is 1. The average molecular weight is 557 g/mol. The zero-order valence-electron chi connectivity index (χ0n) is 22.8. The van der Waals surface area contributed by atoms with Crippen molar-refractivity contribution in [3.8, 4) is 5.75 Å². The lowest BCUT2D eigenvalue weighted by Gasteiger charge is -2.36. The Hall–Kier alpha value is -4.14. The van der Waals surface area contributed by atoms with Crippen LogP contribution >= 0.6 is 0 Å². The van der Waals surface area contributed by atoms with Gasteiger partial charge in [0.25, 0.3) is 0 Å². The predicted molar refractivity (Wildman–Crippen MR) is 154 cm³/mol. The van der Waals surface area contributed by atoms with Gasteiger partial charge in [0, 0.05) is 12.1 Å². The van der Waals surface area contributed by atoms with Crippen LogP contribution < -0.4 is 4.90 Å². The second-order valence-corrected chi connectivity index (χ2v) is 10.5. The fourth-order valence-corrected chi connectivity index (χ4v) is 6.22. The van der Waals surface area contributed by atoms with Crippen molar-refractivity contribution in [2.45, 2.75) is 38.7 Å². The van der Waals surface area contributed by atoms with Crippen molar-refractivity contribution >= 4 is 29.2 Å². The second-order valence-electron chi connectivity index (χ2n) is 10.5. The molecule has 8 heteroatoms. The Labute approximate surface area is 238 Å². The van der Waals surface area contributed by atoms with Crippen LogP contribution in [0.2, 0.25) is 0 Å². The quantitative estimate of drug-likeness (QED) is 0.249. The van der Waals surface area contributed by atoms with Gasteiger partial charge in [0.05, 0.1) is 35.9 Å². The number of halogens is 1. The van der Waals surface area contributed by atoms with Crippen LogP contribution in [0.25, 0.3) is 11.6 Å². The number of carbonyl (C=O) groups is 2. The molecule has 1 saturated heterocycles. The third-order valence-electron chi connectivity index (χ3n) is 8.17. The molecule has 41 heavy (non-hydrogen) atoms. The molecule has 2 aliphatic rings. The summed E-state index contributed by atoms with van der Waals surface area (Å²) in [6.07, 6.45) is 4.02. The van der Waals surface area contributed by atoms with Gasteiger partial charge in [-0.15, -0.1) is 0 Å². The maximum atomic E-state index is 14.0. The minimum absolute atomic E-state index is 0.264. The number of nitrogens with zero attached hydrogens (tertiary/aromatic N) is 2. The van der Waals surface area contributed by atoms with Crippen LogP contribution in [-0.4, -0.2) is 44.8 Å². The largest absolute Gasteiger partial charge is 0.505 e. The highest BCUT2D eigenvalue weighted by Crippen LogP contribution is 2.48. The zero-order valence-corrected chi connectivity index (χ0v) is 22.8. The Morgan fingerprint density at radius 2 is 1.85 bits per heavy atom. The highest BCUT2D eigenvalue weighted by Gasteiger charge is 2.55. The lowest BCUT2D eigenvalue weighted by Crippen LogP contribution is -2.39. The number of hydrogen-bond acceptors (Lipinski definition) is 6. The molecule has 1 fully saturated rings. The standard InChI is InChI=1S/C33H33FN2O5/c1-2-21-18-24-31(33(41)36(32(24)40)23-8-4-3-5-9-23)25(19-37)30(21)29(39)14-12-22(27-10-6-7-15-35-27)16-20-11-13-28(38)26(34)17-20/h3-11,13,15-17,24-25,29,31,37-39H,2,12,14,18-19H2,1H3/b22-16-/t24-,25+,29-,31-/m1/s1. The van der Waals surface area contributed by atoms with E-state index in [1.54, 1.807) is 48.7 Å². The number of aliphatic hydroxyl groups excluding tert-OH is 2. The number of para-hydroxylation sites is 1. The first-order valence-corrected chi connectivity index (χ1v) is 13.9. The maximum Gasteiger partial charge on any atom is 0.238 e. The van der Waals surface area contributed by atoms with Gasteiger partial charge >= 0.3 is 0 Å². The van der Waals surface area contributed by atoms with E-state index < -0.39 is 35.4 Å². The van der Waals surface area contributed by atoms with Crippen molar-refractivity contribution in [1.29, 1.82) is 0 Å². The summed E-state index contributed by atoms with van der Waals surface area (Å²) < 4.78 is 14.0. The minimum atomic E-state index is -0.972. The number of amides is 2. The fourth-order valence-electron chi connectivity index (χ4n) is 6.22. The number of allylic oxidation sites excluding steroid dienone is 2. The van der Waals surface area contributed by atoms with Crippen LogP contribution in [-0.2, 0) is 9.59 Å². The SMILES string of the molecule is CCC1=C([C@H](O)CC/C(=C/c2ccc(O)c(F)c2)c2ccccn2)[C@H](CO)[C@@H]2C(=O)N(c3ccccc3)C(=O)[C@@H]2C1. The number of anilines is 1. The number of phenolic OH excluding ortho intramolecular Hbond substituents is 1. The molecule has 0 unspecified atom stereocenters. The molecule has 5 rings (SSSR count). The van der Waals surface area contributed by atoms with Gasteiger partial charge in [0.2, 0.25) is 11.8 Å². The Balaban J connectivity index is 1.43. The molecule has 1 aliphatic carbocycles. The number of pyridine rings is 1. The van der Waals surface area contributed by atoms with Gasteiger partial charge < -0.3 is 15.3 Å². The van der Waals surface area contributed by atoms with Crippen LogP contribution in [0.3, 0.4) is 0 Å². The van der Waals surface area contributed by atoms with E-state index in [1.807, 2.05) is 25.1 Å². The van der Waals surface area contributed by atoms with E-state index in [4.69, 9.17) is 0 Å². The number of aliphatic hydroxyl groups is 2. The van der Waals surface area contributed by atoms with Gasteiger partial charge in [-0.05, 0) is 84.9 Å². The molecule has 2 heterocycles. The highest BCUT2D eigenvalue weighted by atomic mass is 19.1. The van der Waals surface area contributed by atoms with Crippen molar-refractivity contribution in [2.24, 2.45) is 17.8 Å². The van der Waals surface area contributed by atoms with E-state index in [-0.39, 0.29) is 24.8 Å². The molecule has 4 atom stereocenters. The van der Waals surface area contributed by atoms with Crippen molar-refractivity contribution in [3.63, 3.8) is 0 Å². The van der Waals surface area contributed by atoms with E-state index >= 15 is 0 Å². The van der Waals surface area contributed by atoms with Crippen molar-refractivity contribution in [1.82, 2.24) is 4.98 Å². The Bertz CT molecular complexity index is 1490. The summed E-state index contributed by atoms with van der Waals surface area (Å²) in [5, 5.41) is 31.7. The highest BCUT2D eigenvalue weighted by molar-refractivity contribution is 6.22. The van der Waals surface area contributed by atoms with Crippen LogP contribution in [0.1, 0.15) is 43.9 Å². The number of phenols is 1. The van der Waals surface area contributed by atoms with Crippen molar-refractivity contribution in [2.75, 3.05) is 11.5 Å². The zero-order chi connectivity index (χ0) is 29.1. The van der Waals surface area contributed by atoms with E-state index in [2.05, 4.69) is 4.98 Å². The molecule has 0 saturated carbocycles. The Kier molecular flexibility index (Phi) is 8.42. The van der Waals surface area contributed by atoms with Gasteiger partial charge in [-0.3, -0.25) is 19.5 Å². The lowest BCUT2D eigenvalue weighted by molar-refractivity contribution is -0.123. The first-order valence-electron chi connectivity index (χ1n) is 13.9. The Morgan fingerprint density at radius 3 is 2.51 bits per heavy atom. The molecule has 0 radical (unpaired) electrons. The van der Waals surface area contributed by atoms with Crippen molar-refractivity contribution < 1.29 is 29.3 Å². The molecule has 1 aromatic heterocycles. The number of rotatable bonds is 9. The summed E-state index contributed by atoms with van der Waals surface area (Å²) in [4.78, 5) is 32.7. The van der Waals surface area contributed by atoms with Gasteiger partial charge in [0.1, 0.15) is 0 Å². The monoisotopic (exact) mass is 556 g/mol. The first-order chi connectivity index (χ1) is 19.8. The minimum Gasteiger partial charge on any atom is -0.505 e. The van der Waals surface area contributed by atoms with E-state index in [0.717, 1.165) is 11.1 Å². The third-order valence-corrected chi connectivity index (χ3v) is 8.17. The van der Waals surface area contributed by atoms with E-state index in [0.29, 0.717) is 41.8 Å².